The van der Waals surface area contributed by atoms with Crippen molar-refractivity contribution in [2.24, 2.45) is 0 Å². The fourth-order valence-electron chi connectivity index (χ4n) is 2.48. The number of ether oxygens (including phenoxy) is 1. The third-order valence-corrected chi connectivity index (χ3v) is 5.62. The van der Waals surface area contributed by atoms with Crippen LogP contribution in [0, 0.1) is 0 Å². The number of likely N-dealkylation sites (N-methyl/N-ethyl adjacent to an activating group) is 1. The molecule has 0 spiro atoms. The monoisotopic (exact) mass is 341 g/mol. The van der Waals surface area contributed by atoms with Crippen LogP contribution in [0.4, 0.5) is 0 Å². The van der Waals surface area contributed by atoms with Crippen LogP contribution in [0.2, 0.25) is 0 Å². The lowest BCUT2D eigenvalue weighted by Crippen LogP contribution is -2.44. The SMILES string of the molecule is C[C@@H](Oc1ccc(C(=O)O)cc1)C(=O)N(C)[C@H]1CCS(=O)(=O)C1. The minimum atomic E-state index is -3.06. The maximum absolute atomic E-state index is 12.3. The summed E-state index contributed by atoms with van der Waals surface area (Å²) in [6.45, 7) is 1.58. The molecule has 0 unspecified atom stereocenters. The minimum Gasteiger partial charge on any atom is -0.481 e. The molecule has 7 nitrogen and oxygen atoms in total. The van der Waals surface area contributed by atoms with E-state index in [9.17, 15) is 18.0 Å². The van der Waals surface area contributed by atoms with Gasteiger partial charge in [-0.25, -0.2) is 13.2 Å². The summed E-state index contributed by atoms with van der Waals surface area (Å²) in [7, 11) is -1.49. The first-order chi connectivity index (χ1) is 10.7. The van der Waals surface area contributed by atoms with Crippen molar-refractivity contribution >= 4 is 21.7 Å². The molecular formula is C15H19NO6S. The first kappa shape index (κ1) is 17.3. The van der Waals surface area contributed by atoms with Gasteiger partial charge in [0, 0.05) is 13.1 Å². The third kappa shape index (κ3) is 4.22. The fourth-order valence-corrected chi connectivity index (χ4v) is 4.25. The van der Waals surface area contributed by atoms with Crippen LogP contribution in [0.5, 0.6) is 5.75 Å². The highest BCUT2D eigenvalue weighted by Crippen LogP contribution is 2.19. The summed E-state index contributed by atoms with van der Waals surface area (Å²) in [5, 5.41) is 8.83. The highest BCUT2D eigenvalue weighted by molar-refractivity contribution is 7.91. The predicted octanol–water partition coefficient (Wildman–Crippen LogP) is 0.798. The zero-order valence-electron chi connectivity index (χ0n) is 12.9. The van der Waals surface area contributed by atoms with E-state index in [-0.39, 0.29) is 29.0 Å². The summed E-state index contributed by atoms with van der Waals surface area (Å²) >= 11 is 0. The Balaban J connectivity index is 1.98. The van der Waals surface area contributed by atoms with Gasteiger partial charge in [-0.3, -0.25) is 4.79 Å². The molecule has 23 heavy (non-hydrogen) atoms. The molecule has 8 heteroatoms. The molecule has 0 aliphatic carbocycles. The van der Waals surface area contributed by atoms with Crippen LogP contribution in [-0.4, -0.2) is 61.0 Å². The van der Waals surface area contributed by atoms with E-state index in [2.05, 4.69) is 0 Å². The molecule has 126 valence electrons. The lowest BCUT2D eigenvalue weighted by atomic mass is 10.2. The summed E-state index contributed by atoms with van der Waals surface area (Å²) < 4.78 is 28.5. The van der Waals surface area contributed by atoms with Gasteiger partial charge in [0.15, 0.2) is 15.9 Å². The van der Waals surface area contributed by atoms with Gasteiger partial charge in [-0.2, -0.15) is 0 Å². The van der Waals surface area contributed by atoms with Crippen molar-refractivity contribution < 1.29 is 27.9 Å². The fraction of sp³-hybridized carbons (Fsp3) is 0.467. The van der Waals surface area contributed by atoms with Gasteiger partial charge in [0.2, 0.25) is 0 Å². The van der Waals surface area contributed by atoms with Crippen molar-refractivity contribution in [1.82, 2.24) is 4.90 Å². The molecule has 1 aliphatic heterocycles. The molecule has 1 N–H and O–H groups in total. The van der Waals surface area contributed by atoms with E-state index in [0.717, 1.165) is 0 Å². The molecule has 1 amide bonds. The second kappa shape index (κ2) is 6.57. The van der Waals surface area contributed by atoms with Gasteiger partial charge in [0.1, 0.15) is 5.75 Å². The van der Waals surface area contributed by atoms with E-state index in [1.165, 1.54) is 29.2 Å². The molecular weight excluding hydrogens is 322 g/mol. The van der Waals surface area contributed by atoms with Gasteiger partial charge in [0.05, 0.1) is 17.1 Å². The Morgan fingerprint density at radius 2 is 1.91 bits per heavy atom. The minimum absolute atomic E-state index is 0.0186. The number of amides is 1. The highest BCUT2D eigenvalue weighted by Gasteiger charge is 2.34. The van der Waals surface area contributed by atoms with Crippen LogP contribution in [0.3, 0.4) is 0 Å². The second-order valence-corrected chi connectivity index (χ2v) is 7.82. The molecule has 1 aromatic carbocycles. The standard InChI is InChI=1S/C15H19NO6S/c1-10(22-13-5-3-11(4-6-13)15(18)19)14(17)16(2)12-7-8-23(20,21)9-12/h3-6,10,12H,7-9H2,1-2H3,(H,18,19)/t10-,12+/m1/s1. The van der Waals surface area contributed by atoms with Crippen molar-refractivity contribution in [3.05, 3.63) is 29.8 Å². The number of carboxylic acids is 1. The Bertz CT molecular complexity index is 697. The first-order valence-corrected chi connectivity index (χ1v) is 8.99. The van der Waals surface area contributed by atoms with Gasteiger partial charge >= 0.3 is 5.97 Å². The van der Waals surface area contributed by atoms with Crippen molar-refractivity contribution in [3.63, 3.8) is 0 Å². The van der Waals surface area contributed by atoms with Gasteiger partial charge in [0.25, 0.3) is 5.91 Å². The summed E-state index contributed by atoms with van der Waals surface area (Å²) in [6, 6.07) is 5.41. The Hall–Kier alpha value is -2.09. The van der Waals surface area contributed by atoms with Crippen LogP contribution in [0.1, 0.15) is 23.7 Å². The number of benzene rings is 1. The van der Waals surface area contributed by atoms with Gasteiger partial charge in [-0.1, -0.05) is 0 Å². The molecule has 1 fully saturated rings. The van der Waals surface area contributed by atoms with Crippen molar-refractivity contribution in [3.8, 4) is 5.75 Å². The molecule has 1 aliphatic rings. The van der Waals surface area contributed by atoms with Gasteiger partial charge in [-0.15, -0.1) is 0 Å². The largest absolute Gasteiger partial charge is 0.481 e. The average molecular weight is 341 g/mol. The zero-order chi connectivity index (χ0) is 17.2. The molecule has 0 radical (unpaired) electrons. The molecule has 1 heterocycles. The Labute approximate surface area is 134 Å². The number of sulfone groups is 1. The number of rotatable bonds is 5. The Morgan fingerprint density at radius 3 is 2.39 bits per heavy atom. The summed E-state index contributed by atoms with van der Waals surface area (Å²) in [5.74, 6) is -0.892. The van der Waals surface area contributed by atoms with Crippen molar-refractivity contribution in [1.29, 1.82) is 0 Å². The topological polar surface area (TPSA) is 101 Å². The summed E-state index contributed by atoms with van der Waals surface area (Å²) in [4.78, 5) is 24.5. The molecule has 0 saturated carbocycles. The Kier molecular flexibility index (Phi) is 4.93. The van der Waals surface area contributed by atoms with Gasteiger partial charge < -0.3 is 14.7 Å². The van der Waals surface area contributed by atoms with E-state index in [1.807, 2.05) is 0 Å². The molecule has 2 atom stereocenters. The maximum Gasteiger partial charge on any atom is 0.335 e. The van der Waals surface area contributed by atoms with E-state index in [4.69, 9.17) is 9.84 Å². The second-order valence-electron chi connectivity index (χ2n) is 5.60. The van der Waals surface area contributed by atoms with Crippen LogP contribution in [-0.2, 0) is 14.6 Å². The number of carbonyl (C=O) groups is 2. The summed E-state index contributed by atoms with van der Waals surface area (Å²) in [6.07, 6.45) is -0.357. The molecule has 0 bridgehead atoms. The lowest BCUT2D eigenvalue weighted by molar-refractivity contribution is -0.138. The van der Waals surface area contributed by atoms with E-state index >= 15 is 0 Å². The van der Waals surface area contributed by atoms with Crippen molar-refractivity contribution in [2.75, 3.05) is 18.6 Å². The van der Waals surface area contributed by atoms with Gasteiger partial charge in [-0.05, 0) is 37.6 Å². The predicted molar refractivity (Wildman–Crippen MR) is 83.3 cm³/mol. The number of hydrogen-bond donors (Lipinski definition) is 1. The number of aromatic carboxylic acids is 1. The molecule has 1 aromatic rings. The number of carbonyl (C=O) groups excluding carboxylic acids is 1. The lowest BCUT2D eigenvalue weighted by Gasteiger charge is -2.26. The molecule has 1 saturated heterocycles. The van der Waals surface area contributed by atoms with Crippen LogP contribution >= 0.6 is 0 Å². The van der Waals surface area contributed by atoms with E-state index < -0.39 is 21.9 Å². The van der Waals surface area contributed by atoms with Crippen LogP contribution in [0.15, 0.2) is 24.3 Å². The normalized spacial score (nSPS) is 20.7. The van der Waals surface area contributed by atoms with Crippen LogP contribution < -0.4 is 4.74 Å². The number of carboxylic acid groups (broad SMARTS) is 1. The highest BCUT2D eigenvalue weighted by atomic mass is 32.2. The average Bonchev–Trinajstić information content (AvgIpc) is 2.86. The summed E-state index contributed by atoms with van der Waals surface area (Å²) in [5.41, 5.74) is 0.129. The van der Waals surface area contributed by atoms with Crippen LogP contribution in [0.25, 0.3) is 0 Å². The smallest absolute Gasteiger partial charge is 0.335 e. The zero-order valence-corrected chi connectivity index (χ0v) is 13.7. The molecule has 2 rings (SSSR count). The number of hydrogen-bond acceptors (Lipinski definition) is 5. The third-order valence-electron chi connectivity index (χ3n) is 3.87. The quantitative estimate of drug-likeness (QED) is 0.850. The first-order valence-electron chi connectivity index (χ1n) is 7.17. The van der Waals surface area contributed by atoms with E-state index in [1.54, 1.807) is 14.0 Å². The van der Waals surface area contributed by atoms with Crippen molar-refractivity contribution in [2.45, 2.75) is 25.5 Å². The van der Waals surface area contributed by atoms with E-state index in [0.29, 0.717) is 12.2 Å². The number of nitrogens with zero attached hydrogens (tertiary/aromatic N) is 1. The Morgan fingerprint density at radius 1 is 1.30 bits per heavy atom. The maximum atomic E-state index is 12.3. The molecule has 0 aromatic heterocycles.